The number of ether oxygens (including phenoxy) is 2. The highest BCUT2D eigenvalue weighted by molar-refractivity contribution is 6.32. The van der Waals surface area contributed by atoms with E-state index in [1.165, 1.54) is 0 Å². The van der Waals surface area contributed by atoms with Gasteiger partial charge in [0.25, 0.3) is 5.91 Å². The summed E-state index contributed by atoms with van der Waals surface area (Å²) in [6, 6.07) is 5.22. The number of nitrogens with one attached hydrogen (secondary N) is 3. The lowest BCUT2D eigenvalue weighted by Crippen LogP contribution is -2.25. The van der Waals surface area contributed by atoms with Crippen molar-refractivity contribution >= 4 is 35.6 Å². The molecule has 1 aliphatic rings. The fourth-order valence-electron chi connectivity index (χ4n) is 2.70. The summed E-state index contributed by atoms with van der Waals surface area (Å²) in [6.07, 6.45) is 0.832. The number of halogens is 2. The van der Waals surface area contributed by atoms with Crippen molar-refractivity contribution in [3.8, 4) is 5.75 Å². The van der Waals surface area contributed by atoms with E-state index in [2.05, 4.69) is 20.8 Å². The number of benzene rings is 1. The van der Waals surface area contributed by atoms with Crippen molar-refractivity contribution in [3.63, 3.8) is 0 Å². The first-order chi connectivity index (χ1) is 12.2. The highest BCUT2D eigenvalue weighted by atomic mass is 35.5. The molecule has 0 radical (unpaired) electrons. The Hall–Kier alpha value is -1.80. The monoisotopic (exact) mass is 400 g/mol. The van der Waals surface area contributed by atoms with Gasteiger partial charge in [-0.25, -0.2) is 0 Å². The summed E-state index contributed by atoms with van der Waals surface area (Å²) in [5.74, 6) is 0.137. The summed E-state index contributed by atoms with van der Waals surface area (Å²) in [5.41, 5.74) is 2.81. The van der Waals surface area contributed by atoms with Gasteiger partial charge in [-0.15, -0.1) is 12.4 Å². The number of hydrogen-bond acceptors (Lipinski definition) is 5. The maximum absolute atomic E-state index is 12.6. The van der Waals surface area contributed by atoms with Crippen LogP contribution in [-0.4, -0.2) is 42.5 Å². The predicted molar refractivity (Wildman–Crippen MR) is 103 cm³/mol. The van der Waals surface area contributed by atoms with Gasteiger partial charge in [0, 0.05) is 37.4 Å². The summed E-state index contributed by atoms with van der Waals surface area (Å²) < 4.78 is 10.9. The molecule has 0 saturated carbocycles. The first kappa shape index (κ1) is 20.5. The van der Waals surface area contributed by atoms with Gasteiger partial charge in [-0.1, -0.05) is 17.7 Å². The molecule has 1 aliphatic heterocycles. The molecule has 0 unspecified atom stereocenters. The minimum absolute atomic E-state index is 0. The van der Waals surface area contributed by atoms with Crippen LogP contribution in [-0.2, 0) is 17.7 Å². The minimum Gasteiger partial charge on any atom is -0.487 e. The van der Waals surface area contributed by atoms with Crippen molar-refractivity contribution in [2.24, 2.45) is 0 Å². The Morgan fingerprint density at radius 3 is 3.04 bits per heavy atom. The summed E-state index contributed by atoms with van der Waals surface area (Å²) in [7, 11) is 0. The van der Waals surface area contributed by atoms with E-state index in [-0.39, 0.29) is 18.3 Å². The highest BCUT2D eigenvalue weighted by Gasteiger charge is 2.22. The molecule has 0 aliphatic carbocycles. The van der Waals surface area contributed by atoms with Gasteiger partial charge in [0.05, 0.1) is 17.3 Å². The topological polar surface area (TPSA) is 88.3 Å². The molecule has 9 heteroatoms. The molecule has 1 aromatic heterocycles. The van der Waals surface area contributed by atoms with Crippen molar-refractivity contribution in [1.82, 2.24) is 15.5 Å². The number of carbonyl (C=O) groups is 1. The summed E-state index contributed by atoms with van der Waals surface area (Å²) in [6.45, 7) is 4.84. The molecular formula is C17H22Cl2N4O3. The van der Waals surface area contributed by atoms with E-state index in [1.807, 2.05) is 6.92 Å². The normalized spacial score (nSPS) is 12.8. The molecular weight excluding hydrogens is 379 g/mol. The van der Waals surface area contributed by atoms with Crippen molar-refractivity contribution in [1.29, 1.82) is 0 Å². The third-order valence-corrected chi connectivity index (χ3v) is 4.21. The molecule has 142 valence electrons. The molecule has 0 spiro atoms. The maximum atomic E-state index is 12.6. The van der Waals surface area contributed by atoms with Gasteiger partial charge in [-0.05, 0) is 19.1 Å². The Morgan fingerprint density at radius 1 is 1.38 bits per heavy atom. The average Bonchev–Trinajstić information content (AvgIpc) is 3.05. The SMILES string of the molecule is CCOCCOc1c(Cl)cccc1NC(=O)c1n[nH]c2c1CNCC2.Cl. The number of para-hydroxylation sites is 1. The zero-order chi connectivity index (χ0) is 17.6. The lowest BCUT2D eigenvalue weighted by Gasteiger charge is -2.15. The number of H-pyrrole nitrogens is 1. The number of hydrogen-bond donors (Lipinski definition) is 3. The van der Waals surface area contributed by atoms with Crippen LogP contribution in [0.2, 0.25) is 5.02 Å². The van der Waals surface area contributed by atoms with Crippen LogP contribution in [0.1, 0.15) is 28.7 Å². The highest BCUT2D eigenvalue weighted by Crippen LogP contribution is 2.33. The Labute approximate surface area is 163 Å². The van der Waals surface area contributed by atoms with E-state index >= 15 is 0 Å². The third-order valence-electron chi connectivity index (χ3n) is 3.91. The second-order valence-electron chi connectivity index (χ2n) is 5.57. The minimum atomic E-state index is -0.293. The Balaban J connectivity index is 0.00000243. The Kier molecular flexibility index (Phi) is 7.71. The van der Waals surface area contributed by atoms with Gasteiger partial charge < -0.3 is 20.1 Å². The third kappa shape index (κ3) is 4.67. The van der Waals surface area contributed by atoms with Crippen LogP contribution in [0.5, 0.6) is 5.75 Å². The first-order valence-corrected chi connectivity index (χ1v) is 8.65. The van der Waals surface area contributed by atoms with Gasteiger partial charge >= 0.3 is 0 Å². The molecule has 0 saturated heterocycles. The number of anilines is 1. The smallest absolute Gasteiger partial charge is 0.276 e. The van der Waals surface area contributed by atoms with Crippen LogP contribution in [0, 0.1) is 0 Å². The molecule has 26 heavy (non-hydrogen) atoms. The Morgan fingerprint density at radius 2 is 2.23 bits per heavy atom. The Bertz CT molecular complexity index is 752. The summed E-state index contributed by atoms with van der Waals surface area (Å²) >= 11 is 6.22. The van der Waals surface area contributed by atoms with Crippen LogP contribution in [0.4, 0.5) is 5.69 Å². The zero-order valence-electron chi connectivity index (χ0n) is 14.4. The quantitative estimate of drug-likeness (QED) is 0.621. The zero-order valence-corrected chi connectivity index (χ0v) is 16.0. The van der Waals surface area contributed by atoms with E-state index in [0.717, 1.165) is 24.2 Å². The molecule has 7 nitrogen and oxygen atoms in total. The van der Waals surface area contributed by atoms with Crippen molar-refractivity contribution < 1.29 is 14.3 Å². The van der Waals surface area contributed by atoms with E-state index in [0.29, 0.717) is 48.5 Å². The van der Waals surface area contributed by atoms with Crippen LogP contribution in [0.15, 0.2) is 18.2 Å². The van der Waals surface area contributed by atoms with Crippen LogP contribution >= 0.6 is 24.0 Å². The first-order valence-electron chi connectivity index (χ1n) is 8.28. The van der Waals surface area contributed by atoms with Gasteiger partial charge in [0.2, 0.25) is 0 Å². The predicted octanol–water partition coefficient (Wildman–Crippen LogP) is 2.80. The second kappa shape index (κ2) is 9.78. The number of aromatic nitrogens is 2. The van der Waals surface area contributed by atoms with Gasteiger partial charge in [0.15, 0.2) is 11.4 Å². The van der Waals surface area contributed by atoms with E-state index in [9.17, 15) is 4.79 Å². The fourth-order valence-corrected chi connectivity index (χ4v) is 2.92. The average molecular weight is 401 g/mol. The number of aromatic amines is 1. The second-order valence-corrected chi connectivity index (χ2v) is 5.98. The molecule has 0 atom stereocenters. The van der Waals surface area contributed by atoms with E-state index in [1.54, 1.807) is 18.2 Å². The molecule has 3 N–H and O–H groups in total. The van der Waals surface area contributed by atoms with Crippen LogP contribution < -0.4 is 15.4 Å². The van der Waals surface area contributed by atoms with E-state index in [4.69, 9.17) is 21.1 Å². The lowest BCUT2D eigenvalue weighted by molar-refractivity contribution is 0.101. The number of fused-ring (bicyclic) bond motifs is 1. The van der Waals surface area contributed by atoms with Crippen LogP contribution in [0.3, 0.4) is 0 Å². The number of carbonyl (C=O) groups excluding carboxylic acids is 1. The van der Waals surface area contributed by atoms with Crippen molar-refractivity contribution in [3.05, 3.63) is 40.2 Å². The maximum Gasteiger partial charge on any atom is 0.276 e. The van der Waals surface area contributed by atoms with E-state index < -0.39 is 0 Å². The summed E-state index contributed by atoms with van der Waals surface area (Å²) in [4.78, 5) is 12.6. The molecule has 0 fully saturated rings. The molecule has 2 heterocycles. The number of rotatable bonds is 7. The molecule has 1 aromatic carbocycles. The van der Waals surface area contributed by atoms with Crippen molar-refractivity contribution in [2.45, 2.75) is 19.9 Å². The molecule has 2 aromatic rings. The van der Waals surface area contributed by atoms with Gasteiger partial charge in [0.1, 0.15) is 6.61 Å². The number of amides is 1. The van der Waals surface area contributed by atoms with Gasteiger partial charge in [-0.3, -0.25) is 9.89 Å². The molecule has 3 rings (SSSR count). The number of nitrogens with zero attached hydrogens (tertiary/aromatic N) is 1. The fraction of sp³-hybridized carbons (Fsp3) is 0.412. The van der Waals surface area contributed by atoms with Crippen LogP contribution in [0.25, 0.3) is 0 Å². The standard InChI is InChI=1S/C17H21ClN4O3.ClH/c1-2-24-8-9-25-16-12(18)4-3-5-14(16)20-17(23)15-11-10-19-7-6-13(11)21-22-15;/h3-5,19H,2,6-10H2,1H3,(H,20,23)(H,21,22);1H. The van der Waals surface area contributed by atoms with Gasteiger partial charge in [-0.2, -0.15) is 5.10 Å². The van der Waals surface area contributed by atoms with Crippen molar-refractivity contribution in [2.75, 3.05) is 31.7 Å². The lowest BCUT2D eigenvalue weighted by atomic mass is 10.1. The molecule has 1 amide bonds. The largest absolute Gasteiger partial charge is 0.487 e. The summed E-state index contributed by atoms with van der Waals surface area (Å²) in [5, 5.41) is 13.6. The molecule has 0 bridgehead atoms.